The van der Waals surface area contributed by atoms with Crippen molar-refractivity contribution in [3.05, 3.63) is 54.4 Å². The van der Waals surface area contributed by atoms with Crippen molar-refractivity contribution >= 4 is 11.9 Å². The molecule has 6 nitrogen and oxygen atoms in total. The first-order valence-corrected chi connectivity index (χ1v) is 8.49. The van der Waals surface area contributed by atoms with Crippen LogP contribution in [0, 0.1) is 0 Å². The smallest absolute Gasteiger partial charge is 0.414 e. The maximum absolute atomic E-state index is 9.10. The lowest BCUT2D eigenvalue weighted by molar-refractivity contribution is -0.159. The number of nitrogens with one attached hydrogen (secondary N) is 1. The van der Waals surface area contributed by atoms with Gasteiger partial charge < -0.3 is 20.1 Å². The Morgan fingerprint density at radius 1 is 0.960 bits per heavy atom. The van der Waals surface area contributed by atoms with Crippen LogP contribution in [0.5, 0.6) is 0 Å². The molecule has 0 aliphatic heterocycles. The molecule has 0 atom stereocenters. The fourth-order valence-electron chi connectivity index (χ4n) is 2.96. The van der Waals surface area contributed by atoms with Crippen molar-refractivity contribution in [2.24, 2.45) is 0 Å². The van der Waals surface area contributed by atoms with E-state index < -0.39 is 11.9 Å². The average Bonchev–Trinajstić information content (AvgIpc) is 3.10. The summed E-state index contributed by atoms with van der Waals surface area (Å²) in [4.78, 5) is 18.2. The molecule has 3 rings (SSSR count). The van der Waals surface area contributed by atoms with Crippen LogP contribution in [0.2, 0.25) is 0 Å². The summed E-state index contributed by atoms with van der Waals surface area (Å²) in [6, 6.07) is 15.6. The summed E-state index contributed by atoms with van der Waals surface area (Å²) < 4.78 is 2.27. The van der Waals surface area contributed by atoms with Crippen LogP contribution < -0.4 is 5.32 Å². The predicted octanol–water partition coefficient (Wildman–Crippen LogP) is 3.06. The van der Waals surface area contributed by atoms with E-state index in [0.717, 1.165) is 6.54 Å². The Labute approximate surface area is 147 Å². The van der Waals surface area contributed by atoms with Crippen LogP contribution in [0.3, 0.4) is 0 Å². The molecule has 1 aromatic carbocycles. The second-order valence-corrected chi connectivity index (χ2v) is 6.03. The summed E-state index contributed by atoms with van der Waals surface area (Å²) in [6.45, 7) is 0.965. The van der Waals surface area contributed by atoms with Gasteiger partial charge in [0.2, 0.25) is 0 Å². The van der Waals surface area contributed by atoms with Gasteiger partial charge in [-0.2, -0.15) is 0 Å². The van der Waals surface area contributed by atoms with Crippen LogP contribution >= 0.6 is 0 Å². The lowest BCUT2D eigenvalue weighted by Crippen LogP contribution is -2.31. The molecule has 2 aromatic rings. The molecule has 3 N–H and O–H groups in total. The van der Waals surface area contributed by atoms with Gasteiger partial charge in [-0.1, -0.05) is 37.5 Å². The van der Waals surface area contributed by atoms with Crippen molar-refractivity contribution in [2.45, 2.75) is 44.7 Å². The van der Waals surface area contributed by atoms with Crippen LogP contribution in [0.15, 0.2) is 48.7 Å². The summed E-state index contributed by atoms with van der Waals surface area (Å²) in [5, 5.41) is 18.5. The highest BCUT2D eigenvalue weighted by molar-refractivity contribution is 6.27. The lowest BCUT2D eigenvalue weighted by atomic mass is 9.95. The van der Waals surface area contributed by atoms with Gasteiger partial charge in [-0.3, -0.25) is 0 Å². The van der Waals surface area contributed by atoms with Crippen molar-refractivity contribution in [1.82, 2.24) is 9.88 Å². The minimum Gasteiger partial charge on any atom is -0.473 e. The zero-order valence-electron chi connectivity index (χ0n) is 14.1. The van der Waals surface area contributed by atoms with Gasteiger partial charge in [0.05, 0.1) is 0 Å². The van der Waals surface area contributed by atoms with Gasteiger partial charge >= 0.3 is 11.9 Å². The molecule has 134 valence electrons. The number of hydrogen-bond donors (Lipinski definition) is 3. The summed E-state index contributed by atoms with van der Waals surface area (Å²) in [5.41, 5.74) is 2.59. The van der Waals surface area contributed by atoms with Crippen molar-refractivity contribution in [1.29, 1.82) is 0 Å². The monoisotopic (exact) mass is 344 g/mol. The SMILES string of the molecule is O=C(O)C(=O)O.c1ccc(-n2cccc2CNC2CCCCC2)cc1. The first kappa shape index (κ1) is 18.7. The zero-order chi connectivity index (χ0) is 18.1. The zero-order valence-corrected chi connectivity index (χ0v) is 14.1. The Morgan fingerprint density at radius 2 is 1.60 bits per heavy atom. The van der Waals surface area contributed by atoms with Crippen molar-refractivity contribution in [3.63, 3.8) is 0 Å². The van der Waals surface area contributed by atoms with E-state index in [1.165, 1.54) is 43.5 Å². The molecule has 1 fully saturated rings. The number of carboxylic acids is 2. The molecule has 1 aliphatic carbocycles. The highest BCUT2D eigenvalue weighted by Crippen LogP contribution is 2.18. The number of nitrogens with zero attached hydrogens (tertiary/aromatic N) is 1. The highest BCUT2D eigenvalue weighted by atomic mass is 16.4. The van der Waals surface area contributed by atoms with Gasteiger partial charge in [0.25, 0.3) is 0 Å². The van der Waals surface area contributed by atoms with Gasteiger partial charge in [-0.25, -0.2) is 9.59 Å². The molecule has 0 amide bonds. The topological polar surface area (TPSA) is 91.6 Å². The Morgan fingerprint density at radius 3 is 2.20 bits per heavy atom. The van der Waals surface area contributed by atoms with E-state index in [1.807, 2.05) is 0 Å². The minimum absolute atomic E-state index is 0.716. The molecule has 0 saturated heterocycles. The van der Waals surface area contributed by atoms with Crippen LogP contribution in [0.1, 0.15) is 37.8 Å². The fraction of sp³-hybridized carbons (Fsp3) is 0.368. The van der Waals surface area contributed by atoms with Gasteiger partial charge in [0.1, 0.15) is 0 Å². The van der Waals surface area contributed by atoms with Crippen LogP contribution in [-0.2, 0) is 16.1 Å². The molecule has 0 radical (unpaired) electrons. The molecular weight excluding hydrogens is 320 g/mol. The Balaban J connectivity index is 0.000000326. The van der Waals surface area contributed by atoms with Crippen molar-refractivity contribution < 1.29 is 19.8 Å². The summed E-state index contributed by atoms with van der Waals surface area (Å²) in [7, 11) is 0. The Hall–Kier alpha value is -2.60. The van der Waals surface area contributed by atoms with Gasteiger partial charge in [-0.05, 0) is 37.1 Å². The molecule has 0 unspecified atom stereocenters. The molecule has 0 spiro atoms. The number of aromatic nitrogens is 1. The maximum Gasteiger partial charge on any atom is 0.414 e. The summed E-state index contributed by atoms with van der Waals surface area (Å²) >= 11 is 0. The van der Waals surface area contributed by atoms with E-state index in [4.69, 9.17) is 19.8 Å². The lowest BCUT2D eigenvalue weighted by Gasteiger charge is -2.23. The average molecular weight is 344 g/mol. The third kappa shape index (κ3) is 6.08. The third-order valence-corrected chi connectivity index (χ3v) is 4.23. The van der Waals surface area contributed by atoms with Gasteiger partial charge in [-0.15, -0.1) is 0 Å². The maximum atomic E-state index is 9.10. The van der Waals surface area contributed by atoms with E-state index in [2.05, 4.69) is 58.5 Å². The van der Waals surface area contributed by atoms with Gasteiger partial charge in [0.15, 0.2) is 0 Å². The van der Waals surface area contributed by atoms with Crippen LogP contribution in [0.4, 0.5) is 0 Å². The van der Waals surface area contributed by atoms with Gasteiger partial charge in [0, 0.05) is 30.2 Å². The quantitative estimate of drug-likeness (QED) is 0.742. The number of aliphatic carboxylic acids is 2. The standard InChI is InChI=1S/C17H22N2.C2H2O4/c1-3-8-15(9-4-1)18-14-17-12-7-13-19(17)16-10-5-2-6-11-16;3-1(4)2(5)6/h2,5-7,10-13,15,18H,1,3-4,8-9,14H2;(H,3,4)(H,5,6). The second kappa shape index (κ2) is 9.64. The first-order chi connectivity index (χ1) is 12.1. The molecule has 0 bridgehead atoms. The van der Waals surface area contributed by atoms with E-state index in [1.54, 1.807) is 0 Å². The summed E-state index contributed by atoms with van der Waals surface area (Å²) in [6.07, 6.45) is 9.01. The molecule has 6 heteroatoms. The highest BCUT2D eigenvalue weighted by Gasteiger charge is 2.13. The predicted molar refractivity (Wildman–Crippen MR) is 94.8 cm³/mol. The second-order valence-electron chi connectivity index (χ2n) is 6.03. The van der Waals surface area contributed by atoms with E-state index in [-0.39, 0.29) is 0 Å². The number of hydrogen-bond acceptors (Lipinski definition) is 3. The number of rotatable bonds is 4. The van der Waals surface area contributed by atoms with E-state index >= 15 is 0 Å². The summed E-state index contributed by atoms with van der Waals surface area (Å²) in [5.74, 6) is -3.65. The molecule has 1 aliphatic rings. The molecule has 1 aromatic heterocycles. The molecular formula is C19H24N2O4. The Bertz CT molecular complexity index is 664. The first-order valence-electron chi connectivity index (χ1n) is 8.49. The number of benzene rings is 1. The van der Waals surface area contributed by atoms with Crippen LogP contribution in [-0.4, -0.2) is 32.8 Å². The van der Waals surface area contributed by atoms with Crippen molar-refractivity contribution in [3.8, 4) is 5.69 Å². The number of carbonyl (C=O) groups is 2. The number of para-hydroxylation sites is 1. The normalized spacial score (nSPS) is 14.4. The largest absolute Gasteiger partial charge is 0.473 e. The van der Waals surface area contributed by atoms with E-state index in [9.17, 15) is 0 Å². The van der Waals surface area contributed by atoms with Crippen LogP contribution in [0.25, 0.3) is 5.69 Å². The number of carboxylic acid groups (broad SMARTS) is 2. The fourth-order valence-corrected chi connectivity index (χ4v) is 2.96. The minimum atomic E-state index is -1.82. The molecule has 1 saturated carbocycles. The molecule has 25 heavy (non-hydrogen) atoms. The van der Waals surface area contributed by atoms with E-state index in [0.29, 0.717) is 6.04 Å². The third-order valence-electron chi connectivity index (χ3n) is 4.23. The Kier molecular flexibility index (Phi) is 7.22. The molecule has 1 heterocycles. The van der Waals surface area contributed by atoms with Crippen molar-refractivity contribution in [2.75, 3.05) is 0 Å².